The smallest absolute Gasteiger partial charge is 0.392 e. The summed E-state index contributed by atoms with van der Waals surface area (Å²) in [5.41, 5.74) is -0.572. The van der Waals surface area contributed by atoms with Crippen molar-refractivity contribution >= 4 is 5.69 Å². The van der Waals surface area contributed by atoms with Gasteiger partial charge in [0.1, 0.15) is 0 Å². The summed E-state index contributed by atoms with van der Waals surface area (Å²) in [6.07, 6.45) is -4.25. The molecule has 0 fully saturated rings. The van der Waals surface area contributed by atoms with Crippen molar-refractivity contribution in [3.8, 4) is 6.07 Å². The molecule has 0 amide bonds. The SMILES string of the molecule is CCN(CCC#N)c1ccc(CO)c(C(F)(F)F)c1. The molecule has 1 N–H and O–H groups in total. The standard InChI is InChI=1S/C13H15F3N2O/c1-2-18(7-3-6-17)11-5-4-10(9-19)12(8-11)13(14,15)16/h4-5,8,19H,2-3,7,9H2,1H3. The fourth-order valence-corrected chi connectivity index (χ4v) is 1.82. The van der Waals surface area contributed by atoms with Crippen LogP contribution in [0.1, 0.15) is 24.5 Å². The Morgan fingerprint density at radius 2 is 2.05 bits per heavy atom. The number of benzene rings is 1. The maximum Gasteiger partial charge on any atom is 0.416 e. The van der Waals surface area contributed by atoms with E-state index in [9.17, 15) is 13.2 Å². The van der Waals surface area contributed by atoms with Gasteiger partial charge in [-0.1, -0.05) is 6.07 Å². The van der Waals surface area contributed by atoms with Crippen molar-refractivity contribution in [3.05, 3.63) is 29.3 Å². The highest BCUT2D eigenvalue weighted by Crippen LogP contribution is 2.34. The third-order valence-electron chi connectivity index (χ3n) is 2.81. The first-order valence-electron chi connectivity index (χ1n) is 5.87. The Labute approximate surface area is 109 Å². The van der Waals surface area contributed by atoms with Gasteiger partial charge in [0.25, 0.3) is 0 Å². The molecule has 6 heteroatoms. The molecule has 104 valence electrons. The fourth-order valence-electron chi connectivity index (χ4n) is 1.82. The van der Waals surface area contributed by atoms with E-state index >= 15 is 0 Å². The summed E-state index contributed by atoms with van der Waals surface area (Å²) in [6, 6.07) is 5.79. The van der Waals surface area contributed by atoms with Gasteiger partial charge in [-0.15, -0.1) is 0 Å². The first-order valence-corrected chi connectivity index (χ1v) is 5.87. The van der Waals surface area contributed by atoms with Crippen molar-refractivity contribution in [3.63, 3.8) is 0 Å². The van der Waals surface area contributed by atoms with Crippen LogP contribution in [0.25, 0.3) is 0 Å². The van der Waals surface area contributed by atoms with Crippen LogP contribution >= 0.6 is 0 Å². The molecule has 0 atom stereocenters. The van der Waals surface area contributed by atoms with Crippen molar-refractivity contribution in [2.24, 2.45) is 0 Å². The van der Waals surface area contributed by atoms with E-state index in [1.807, 2.05) is 13.0 Å². The lowest BCUT2D eigenvalue weighted by Crippen LogP contribution is -2.24. The maximum atomic E-state index is 12.9. The second-order valence-corrected chi connectivity index (χ2v) is 3.99. The van der Waals surface area contributed by atoms with Gasteiger partial charge in [-0.05, 0) is 24.6 Å². The van der Waals surface area contributed by atoms with Crippen LogP contribution < -0.4 is 4.90 Å². The molecule has 0 bridgehead atoms. The molecule has 0 aliphatic carbocycles. The summed E-state index contributed by atoms with van der Waals surface area (Å²) in [5, 5.41) is 17.5. The molecule has 0 aliphatic heterocycles. The minimum Gasteiger partial charge on any atom is -0.392 e. The molecule has 0 aromatic heterocycles. The highest BCUT2D eigenvalue weighted by Gasteiger charge is 2.33. The van der Waals surface area contributed by atoms with Crippen LogP contribution in [0.2, 0.25) is 0 Å². The summed E-state index contributed by atoms with van der Waals surface area (Å²) < 4.78 is 38.6. The number of hydrogen-bond acceptors (Lipinski definition) is 3. The Hall–Kier alpha value is -1.74. The zero-order chi connectivity index (χ0) is 14.5. The van der Waals surface area contributed by atoms with E-state index in [4.69, 9.17) is 10.4 Å². The fraction of sp³-hybridized carbons (Fsp3) is 0.462. The van der Waals surface area contributed by atoms with Gasteiger partial charge >= 0.3 is 6.18 Å². The Balaban J connectivity index is 3.13. The number of hydrogen-bond donors (Lipinski definition) is 1. The topological polar surface area (TPSA) is 47.3 Å². The summed E-state index contributed by atoms with van der Waals surface area (Å²) in [6.45, 7) is 2.05. The predicted octanol–water partition coefficient (Wildman–Crippen LogP) is 2.94. The Morgan fingerprint density at radius 3 is 2.53 bits per heavy atom. The number of aliphatic hydroxyl groups is 1. The van der Waals surface area contributed by atoms with Crippen LogP contribution in [-0.2, 0) is 12.8 Å². The molecule has 0 saturated heterocycles. The van der Waals surface area contributed by atoms with Gasteiger partial charge in [-0.25, -0.2) is 0 Å². The van der Waals surface area contributed by atoms with Crippen LogP contribution in [0.4, 0.5) is 18.9 Å². The number of anilines is 1. The first-order chi connectivity index (χ1) is 8.93. The summed E-state index contributed by atoms with van der Waals surface area (Å²) in [4.78, 5) is 1.69. The number of halogens is 3. The minimum absolute atomic E-state index is 0.146. The molecule has 0 saturated carbocycles. The van der Waals surface area contributed by atoms with Crippen LogP contribution in [0.15, 0.2) is 18.2 Å². The summed E-state index contributed by atoms with van der Waals surface area (Å²) in [5.74, 6) is 0. The van der Waals surface area contributed by atoms with E-state index in [1.165, 1.54) is 12.1 Å². The molecular weight excluding hydrogens is 257 g/mol. The van der Waals surface area contributed by atoms with Gasteiger partial charge in [0, 0.05) is 18.8 Å². The minimum atomic E-state index is -4.50. The van der Waals surface area contributed by atoms with Crippen LogP contribution in [0.5, 0.6) is 0 Å². The monoisotopic (exact) mass is 272 g/mol. The molecule has 3 nitrogen and oxygen atoms in total. The number of rotatable bonds is 5. The lowest BCUT2D eigenvalue weighted by Gasteiger charge is -2.23. The zero-order valence-corrected chi connectivity index (χ0v) is 10.5. The first kappa shape index (κ1) is 15.3. The average Bonchev–Trinajstić information content (AvgIpc) is 2.38. The summed E-state index contributed by atoms with van der Waals surface area (Å²) >= 11 is 0. The molecule has 0 radical (unpaired) electrons. The Kier molecular flexibility index (Phi) is 5.19. The average molecular weight is 272 g/mol. The number of nitrogens with zero attached hydrogens (tertiary/aromatic N) is 2. The number of aliphatic hydroxyl groups excluding tert-OH is 1. The zero-order valence-electron chi connectivity index (χ0n) is 10.5. The molecule has 1 rings (SSSR count). The lowest BCUT2D eigenvalue weighted by molar-refractivity contribution is -0.138. The van der Waals surface area contributed by atoms with E-state index < -0.39 is 18.3 Å². The van der Waals surface area contributed by atoms with Gasteiger partial charge in [0.15, 0.2) is 0 Å². The molecule has 0 aliphatic rings. The van der Waals surface area contributed by atoms with E-state index in [0.29, 0.717) is 18.8 Å². The van der Waals surface area contributed by atoms with E-state index in [0.717, 1.165) is 6.07 Å². The quantitative estimate of drug-likeness (QED) is 0.896. The van der Waals surface area contributed by atoms with Gasteiger partial charge < -0.3 is 10.0 Å². The Bertz CT molecular complexity index is 466. The maximum absolute atomic E-state index is 12.9. The van der Waals surface area contributed by atoms with Crippen LogP contribution in [0, 0.1) is 11.3 Å². The molecule has 0 spiro atoms. The van der Waals surface area contributed by atoms with Gasteiger partial charge in [0.2, 0.25) is 0 Å². The Morgan fingerprint density at radius 1 is 1.37 bits per heavy atom. The highest BCUT2D eigenvalue weighted by molar-refractivity contribution is 5.52. The molecule has 0 unspecified atom stereocenters. The molecule has 19 heavy (non-hydrogen) atoms. The second kappa shape index (κ2) is 6.43. The molecule has 1 aromatic carbocycles. The summed E-state index contributed by atoms with van der Waals surface area (Å²) in [7, 11) is 0. The van der Waals surface area contributed by atoms with Crippen molar-refractivity contribution in [1.82, 2.24) is 0 Å². The van der Waals surface area contributed by atoms with E-state index in [1.54, 1.807) is 4.90 Å². The van der Waals surface area contributed by atoms with Crippen molar-refractivity contribution in [2.75, 3.05) is 18.0 Å². The number of alkyl halides is 3. The van der Waals surface area contributed by atoms with E-state index in [2.05, 4.69) is 0 Å². The van der Waals surface area contributed by atoms with Crippen molar-refractivity contribution < 1.29 is 18.3 Å². The largest absolute Gasteiger partial charge is 0.416 e. The molecule has 0 heterocycles. The third kappa shape index (κ3) is 3.86. The van der Waals surface area contributed by atoms with Crippen molar-refractivity contribution in [2.45, 2.75) is 26.1 Å². The van der Waals surface area contributed by atoms with Gasteiger partial charge in [0.05, 0.1) is 24.7 Å². The van der Waals surface area contributed by atoms with Gasteiger partial charge in [-0.3, -0.25) is 0 Å². The molecule has 1 aromatic rings. The van der Waals surface area contributed by atoms with Gasteiger partial charge in [-0.2, -0.15) is 18.4 Å². The van der Waals surface area contributed by atoms with Crippen LogP contribution in [0.3, 0.4) is 0 Å². The lowest BCUT2D eigenvalue weighted by atomic mass is 10.1. The van der Waals surface area contributed by atoms with E-state index in [-0.39, 0.29) is 12.0 Å². The number of nitriles is 1. The third-order valence-corrected chi connectivity index (χ3v) is 2.81. The highest BCUT2D eigenvalue weighted by atomic mass is 19.4. The molecular formula is C13H15F3N2O. The second-order valence-electron chi connectivity index (χ2n) is 3.99. The predicted molar refractivity (Wildman–Crippen MR) is 65.5 cm³/mol. The normalized spacial score (nSPS) is 11.2. The van der Waals surface area contributed by atoms with Crippen molar-refractivity contribution in [1.29, 1.82) is 5.26 Å². The van der Waals surface area contributed by atoms with Crippen LogP contribution in [-0.4, -0.2) is 18.2 Å².